The fraction of sp³-hybridized carbons (Fsp3) is 0.0714. The van der Waals surface area contributed by atoms with E-state index in [1.165, 1.54) is 0 Å². The molecule has 0 aliphatic rings. The number of rotatable bonds is 4. The third-order valence-corrected chi connectivity index (χ3v) is 2.44. The first-order valence-corrected chi connectivity index (χ1v) is 5.31. The van der Waals surface area contributed by atoms with Gasteiger partial charge >= 0.3 is 0 Å². The summed E-state index contributed by atoms with van der Waals surface area (Å²) in [6, 6.07) is 9.73. The number of carbonyl (C=O) groups is 1. The Morgan fingerprint density at radius 3 is 2.67 bits per heavy atom. The summed E-state index contributed by atoms with van der Waals surface area (Å²) in [7, 11) is 0. The number of benzene rings is 2. The van der Waals surface area contributed by atoms with Crippen LogP contribution < -0.4 is 4.74 Å². The molecule has 92 valence electrons. The molecule has 0 aliphatic carbocycles. The van der Waals surface area contributed by atoms with Gasteiger partial charge in [-0.15, -0.1) is 0 Å². The number of hydrogen-bond donors (Lipinski definition) is 0. The molecule has 0 radical (unpaired) electrons. The largest absolute Gasteiger partial charge is 0.488 e. The SMILES string of the molecule is O=Cc1ccccc1OCc1cc(F)ccc1F. The summed E-state index contributed by atoms with van der Waals surface area (Å²) in [5.74, 6) is -0.727. The molecule has 0 fully saturated rings. The van der Waals surface area contributed by atoms with Gasteiger partial charge in [-0.05, 0) is 30.3 Å². The Labute approximate surface area is 103 Å². The fourth-order valence-corrected chi connectivity index (χ4v) is 1.52. The summed E-state index contributed by atoms with van der Waals surface area (Å²) in [5, 5.41) is 0. The van der Waals surface area contributed by atoms with Gasteiger partial charge in [0.2, 0.25) is 0 Å². The van der Waals surface area contributed by atoms with Crippen molar-refractivity contribution in [3.05, 3.63) is 65.2 Å². The summed E-state index contributed by atoms with van der Waals surface area (Å²) >= 11 is 0. The highest BCUT2D eigenvalue weighted by Crippen LogP contribution is 2.18. The van der Waals surface area contributed by atoms with Crippen LogP contribution in [0.1, 0.15) is 15.9 Å². The van der Waals surface area contributed by atoms with E-state index in [0.29, 0.717) is 17.6 Å². The van der Waals surface area contributed by atoms with Crippen molar-refractivity contribution in [1.82, 2.24) is 0 Å². The monoisotopic (exact) mass is 248 g/mol. The Hall–Kier alpha value is -2.23. The van der Waals surface area contributed by atoms with Crippen LogP contribution in [0.25, 0.3) is 0 Å². The molecule has 0 amide bonds. The molecule has 4 heteroatoms. The summed E-state index contributed by atoms with van der Waals surface area (Å²) in [4.78, 5) is 10.7. The van der Waals surface area contributed by atoms with Crippen molar-refractivity contribution >= 4 is 6.29 Å². The van der Waals surface area contributed by atoms with Crippen LogP contribution in [0.5, 0.6) is 5.75 Å². The average molecular weight is 248 g/mol. The number of ether oxygens (including phenoxy) is 1. The van der Waals surface area contributed by atoms with E-state index in [9.17, 15) is 13.6 Å². The molecule has 0 saturated carbocycles. The Morgan fingerprint density at radius 2 is 1.89 bits per heavy atom. The Balaban J connectivity index is 2.16. The number of aldehydes is 1. The van der Waals surface area contributed by atoms with Crippen molar-refractivity contribution in [2.75, 3.05) is 0 Å². The van der Waals surface area contributed by atoms with Crippen LogP contribution in [0.15, 0.2) is 42.5 Å². The predicted molar refractivity (Wildman–Crippen MR) is 62.5 cm³/mol. The summed E-state index contributed by atoms with van der Waals surface area (Å²) in [6.45, 7) is -0.131. The van der Waals surface area contributed by atoms with Gasteiger partial charge in [0.15, 0.2) is 6.29 Å². The van der Waals surface area contributed by atoms with E-state index >= 15 is 0 Å². The lowest BCUT2D eigenvalue weighted by Gasteiger charge is -2.08. The Morgan fingerprint density at radius 1 is 1.11 bits per heavy atom. The Bertz CT molecular complexity index is 567. The van der Waals surface area contributed by atoms with Gasteiger partial charge in [0.1, 0.15) is 24.0 Å². The third kappa shape index (κ3) is 2.71. The smallest absolute Gasteiger partial charge is 0.153 e. The summed E-state index contributed by atoms with van der Waals surface area (Å²) in [5.41, 5.74) is 0.477. The first-order chi connectivity index (χ1) is 8.70. The zero-order chi connectivity index (χ0) is 13.0. The van der Waals surface area contributed by atoms with E-state index in [2.05, 4.69) is 0 Å². The molecule has 0 saturated heterocycles. The summed E-state index contributed by atoms with van der Waals surface area (Å²) in [6.07, 6.45) is 0.650. The van der Waals surface area contributed by atoms with Gasteiger partial charge in [0.25, 0.3) is 0 Å². The highest BCUT2D eigenvalue weighted by atomic mass is 19.1. The molecule has 0 bridgehead atoms. The van der Waals surface area contributed by atoms with E-state index in [1.807, 2.05) is 0 Å². The molecule has 0 atom stereocenters. The number of halogens is 2. The molecule has 0 N–H and O–H groups in total. The standard InChI is InChI=1S/C14H10F2O2/c15-12-5-6-13(16)11(7-12)9-18-14-4-2-1-3-10(14)8-17/h1-8H,9H2. The molecule has 18 heavy (non-hydrogen) atoms. The second-order valence-electron chi connectivity index (χ2n) is 3.68. The second kappa shape index (κ2) is 5.40. The van der Waals surface area contributed by atoms with E-state index in [4.69, 9.17) is 4.74 Å². The fourth-order valence-electron chi connectivity index (χ4n) is 1.52. The summed E-state index contributed by atoms with van der Waals surface area (Å²) < 4.78 is 31.6. The maximum Gasteiger partial charge on any atom is 0.153 e. The normalized spacial score (nSPS) is 10.1. The zero-order valence-corrected chi connectivity index (χ0v) is 9.40. The average Bonchev–Trinajstić information content (AvgIpc) is 2.40. The molecular formula is C14H10F2O2. The lowest BCUT2D eigenvalue weighted by Crippen LogP contribution is -2.01. The molecule has 0 aromatic heterocycles. The van der Waals surface area contributed by atoms with Crippen molar-refractivity contribution in [2.45, 2.75) is 6.61 Å². The molecule has 2 aromatic carbocycles. The van der Waals surface area contributed by atoms with Crippen LogP contribution in [0.4, 0.5) is 8.78 Å². The van der Waals surface area contributed by atoms with Crippen LogP contribution in [0.3, 0.4) is 0 Å². The molecule has 2 aromatic rings. The first-order valence-electron chi connectivity index (χ1n) is 5.31. The van der Waals surface area contributed by atoms with E-state index in [1.54, 1.807) is 24.3 Å². The van der Waals surface area contributed by atoms with Crippen molar-refractivity contribution in [1.29, 1.82) is 0 Å². The van der Waals surface area contributed by atoms with Gasteiger partial charge in [-0.25, -0.2) is 8.78 Å². The van der Waals surface area contributed by atoms with Gasteiger partial charge in [0.05, 0.1) is 5.56 Å². The van der Waals surface area contributed by atoms with E-state index < -0.39 is 11.6 Å². The number of para-hydroxylation sites is 1. The first kappa shape index (κ1) is 12.2. The minimum Gasteiger partial charge on any atom is -0.488 e. The number of carbonyl (C=O) groups excluding carboxylic acids is 1. The zero-order valence-electron chi connectivity index (χ0n) is 9.40. The maximum absolute atomic E-state index is 13.3. The van der Waals surface area contributed by atoms with Crippen molar-refractivity contribution in [3.63, 3.8) is 0 Å². The van der Waals surface area contributed by atoms with Crippen LogP contribution in [0.2, 0.25) is 0 Å². The van der Waals surface area contributed by atoms with E-state index in [0.717, 1.165) is 18.2 Å². The third-order valence-electron chi connectivity index (χ3n) is 2.44. The minimum absolute atomic E-state index is 0.107. The molecule has 2 rings (SSSR count). The van der Waals surface area contributed by atoms with Gasteiger partial charge in [-0.1, -0.05) is 12.1 Å². The van der Waals surface area contributed by atoms with E-state index in [-0.39, 0.29) is 12.2 Å². The van der Waals surface area contributed by atoms with Crippen molar-refractivity contribution in [2.24, 2.45) is 0 Å². The van der Waals surface area contributed by atoms with Crippen molar-refractivity contribution < 1.29 is 18.3 Å². The molecule has 0 heterocycles. The topological polar surface area (TPSA) is 26.3 Å². The quantitative estimate of drug-likeness (QED) is 0.775. The van der Waals surface area contributed by atoms with Crippen LogP contribution >= 0.6 is 0 Å². The minimum atomic E-state index is -0.542. The second-order valence-corrected chi connectivity index (χ2v) is 3.68. The lowest BCUT2D eigenvalue weighted by molar-refractivity contribution is 0.111. The maximum atomic E-state index is 13.3. The lowest BCUT2D eigenvalue weighted by atomic mass is 10.2. The molecular weight excluding hydrogens is 238 g/mol. The van der Waals surface area contributed by atoms with Crippen molar-refractivity contribution in [3.8, 4) is 5.75 Å². The number of hydrogen-bond acceptors (Lipinski definition) is 2. The molecule has 2 nitrogen and oxygen atoms in total. The predicted octanol–water partition coefficient (Wildman–Crippen LogP) is 3.36. The van der Waals surface area contributed by atoms with Gasteiger partial charge < -0.3 is 4.74 Å². The van der Waals surface area contributed by atoms with Crippen LogP contribution in [0, 0.1) is 11.6 Å². The van der Waals surface area contributed by atoms with Gasteiger partial charge in [-0.3, -0.25) is 4.79 Å². The Kier molecular flexibility index (Phi) is 3.67. The molecule has 0 unspecified atom stereocenters. The van der Waals surface area contributed by atoms with Crippen LogP contribution in [-0.4, -0.2) is 6.29 Å². The molecule has 0 aliphatic heterocycles. The van der Waals surface area contributed by atoms with Gasteiger partial charge in [-0.2, -0.15) is 0 Å². The highest BCUT2D eigenvalue weighted by Gasteiger charge is 2.06. The highest BCUT2D eigenvalue weighted by molar-refractivity contribution is 5.79. The van der Waals surface area contributed by atoms with Crippen LogP contribution in [-0.2, 0) is 6.61 Å². The van der Waals surface area contributed by atoms with Gasteiger partial charge in [0, 0.05) is 5.56 Å². The molecule has 0 spiro atoms.